The van der Waals surface area contributed by atoms with Crippen LogP contribution in [0.4, 0.5) is 5.69 Å². The van der Waals surface area contributed by atoms with Gasteiger partial charge in [0.05, 0.1) is 13.7 Å². The predicted octanol–water partition coefficient (Wildman–Crippen LogP) is 2.86. The lowest BCUT2D eigenvalue weighted by Gasteiger charge is -2.07. The number of ether oxygens (including phenoxy) is 2. The second-order valence-electron chi connectivity index (χ2n) is 4.04. The Morgan fingerprint density at radius 2 is 2.30 bits per heavy atom. The van der Waals surface area contributed by atoms with Crippen molar-refractivity contribution in [2.75, 3.05) is 19.0 Å². The summed E-state index contributed by atoms with van der Waals surface area (Å²) in [6.45, 7) is 2.77. The minimum absolute atomic E-state index is 0.0928. The number of carbonyl (C=O) groups is 1. The van der Waals surface area contributed by atoms with Gasteiger partial charge in [0.15, 0.2) is 5.57 Å². The maximum Gasteiger partial charge on any atom is 0.350 e. The van der Waals surface area contributed by atoms with Crippen molar-refractivity contribution in [3.63, 3.8) is 0 Å². The lowest BCUT2D eigenvalue weighted by atomic mass is 10.3. The highest BCUT2D eigenvalue weighted by Crippen LogP contribution is 2.18. The minimum Gasteiger partial charge on any atom is -0.494 e. The van der Waals surface area contributed by atoms with Gasteiger partial charge >= 0.3 is 5.97 Å². The van der Waals surface area contributed by atoms with Crippen LogP contribution >= 0.6 is 0 Å². The number of nitrogens with zero attached hydrogens (tertiary/aromatic N) is 1. The number of carbonyl (C=O) groups excluding carboxylic acids is 1. The van der Waals surface area contributed by atoms with E-state index >= 15 is 0 Å². The zero-order valence-corrected chi connectivity index (χ0v) is 11.7. The average molecular weight is 274 g/mol. The quantitative estimate of drug-likeness (QED) is 0.358. The zero-order valence-electron chi connectivity index (χ0n) is 11.7. The Bertz CT molecular complexity index is 518. The van der Waals surface area contributed by atoms with Crippen LogP contribution in [0, 0.1) is 11.3 Å². The molecule has 1 aromatic carbocycles. The first-order chi connectivity index (χ1) is 9.71. The first-order valence-electron chi connectivity index (χ1n) is 6.39. The Morgan fingerprint density at radius 1 is 1.50 bits per heavy atom. The van der Waals surface area contributed by atoms with Gasteiger partial charge in [-0.1, -0.05) is 19.4 Å². The number of anilines is 1. The van der Waals surface area contributed by atoms with E-state index < -0.39 is 5.97 Å². The Hall–Kier alpha value is -2.48. The van der Waals surface area contributed by atoms with Gasteiger partial charge in [-0.05, 0) is 18.6 Å². The van der Waals surface area contributed by atoms with Gasteiger partial charge in [-0.15, -0.1) is 0 Å². The molecular weight excluding hydrogens is 256 g/mol. The first kappa shape index (κ1) is 15.6. The van der Waals surface area contributed by atoms with Crippen LogP contribution in [0.1, 0.15) is 19.8 Å². The molecule has 0 bridgehead atoms. The molecule has 0 radical (unpaired) electrons. The third-order valence-electron chi connectivity index (χ3n) is 2.51. The highest BCUT2D eigenvalue weighted by atomic mass is 16.5. The normalized spacial score (nSPS) is 10.6. The zero-order chi connectivity index (χ0) is 14.8. The third-order valence-corrected chi connectivity index (χ3v) is 2.51. The summed E-state index contributed by atoms with van der Waals surface area (Å²) in [4.78, 5) is 11.2. The largest absolute Gasteiger partial charge is 0.494 e. The first-order valence-corrected chi connectivity index (χ1v) is 6.39. The van der Waals surface area contributed by atoms with Crippen molar-refractivity contribution < 1.29 is 14.3 Å². The number of unbranched alkanes of at least 4 members (excludes halogenated alkanes) is 1. The maximum absolute atomic E-state index is 11.2. The number of methoxy groups -OCH3 is 1. The third kappa shape index (κ3) is 5.02. The average Bonchev–Trinajstić information content (AvgIpc) is 2.48. The van der Waals surface area contributed by atoms with Crippen LogP contribution in [0.2, 0.25) is 0 Å². The fourth-order valence-corrected chi connectivity index (χ4v) is 1.41. The number of benzene rings is 1. The fourth-order valence-electron chi connectivity index (χ4n) is 1.41. The molecule has 0 fully saturated rings. The smallest absolute Gasteiger partial charge is 0.350 e. The summed E-state index contributed by atoms with van der Waals surface area (Å²) in [5.41, 5.74) is 0.639. The fraction of sp³-hybridized carbons (Fsp3) is 0.333. The van der Waals surface area contributed by atoms with E-state index in [0.717, 1.165) is 24.3 Å². The van der Waals surface area contributed by atoms with E-state index in [1.54, 1.807) is 12.1 Å². The topological polar surface area (TPSA) is 71.3 Å². The molecule has 0 unspecified atom stereocenters. The molecular formula is C15H18N2O3. The van der Waals surface area contributed by atoms with Gasteiger partial charge in [0.25, 0.3) is 0 Å². The molecule has 0 heterocycles. The molecule has 0 aliphatic heterocycles. The second kappa shape index (κ2) is 8.59. The number of hydrogen-bond donors (Lipinski definition) is 1. The summed E-state index contributed by atoms with van der Waals surface area (Å²) in [5, 5.41) is 11.7. The molecule has 106 valence electrons. The van der Waals surface area contributed by atoms with Crippen molar-refractivity contribution in [3.8, 4) is 11.8 Å². The Balaban J connectivity index is 2.68. The van der Waals surface area contributed by atoms with E-state index in [1.807, 2.05) is 18.2 Å². The van der Waals surface area contributed by atoms with E-state index in [1.165, 1.54) is 13.3 Å². The van der Waals surface area contributed by atoms with Crippen LogP contribution in [0.15, 0.2) is 36.0 Å². The lowest BCUT2D eigenvalue weighted by molar-refractivity contribution is -0.135. The molecule has 0 amide bonds. The summed E-state index contributed by atoms with van der Waals surface area (Å²) in [7, 11) is 1.23. The lowest BCUT2D eigenvalue weighted by Crippen LogP contribution is -2.05. The van der Waals surface area contributed by atoms with Gasteiger partial charge < -0.3 is 14.8 Å². The number of hydrogen-bond acceptors (Lipinski definition) is 5. The van der Waals surface area contributed by atoms with E-state index in [0.29, 0.717) is 6.61 Å². The van der Waals surface area contributed by atoms with Crippen LogP contribution in [-0.2, 0) is 9.53 Å². The second-order valence-corrected chi connectivity index (χ2v) is 4.04. The van der Waals surface area contributed by atoms with Crippen LogP contribution in [0.25, 0.3) is 0 Å². The van der Waals surface area contributed by atoms with Gasteiger partial charge in [-0.25, -0.2) is 4.79 Å². The predicted molar refractivity (Wildman–Crippen MR) is 76.2 cm³/mol. The van der Waals surface area contributed by atoms with Crippen LogP contribution in [0.3, 0.4) is 0 Å². The number of nitrogens with one attached hydrogen (secondary N) is 1. The van der Waals surface area contributed by atoms with Gasteiger partial charge in [-0.2, -0.15) is 5.26 Å². The van der Waals surface area contributed by atoms with Crippen molar-refractivity contribution in [2.24, 2.45) is 0 Å². The molecule has 5 nitrogen and oxygen atoms in total. The SMILES string of the molecule is CCCCOc1cccc(N/C=C(/C#N)C(=O)OC)c1. The van der Waals surface area contributed by atoms with Crippen molar-refractivity contribution in [1.29, 1.82) is 5.26 Å². The van der Waals surface area contributed by atoms with Crippen LogP contribution < -0.4 is 10.1 Å². The highest BCUT2D eigenvalue weighted by molar-refractivity contribution is 5.93. The molecule has 0 atom stereocenters. The van der Waals surface area contributed by atoms with Crippen LogP contribution in [-0.4, -0.2) is 19.7 Å². The van der Waals surface area contributed by atoms with E-state index in [2.05, 4.69) is 17.0 Å². The van der Waals surface area contributed by atoms with E-state index in [9.17, 15) is 4.79 Å². The molecule has 0 aromatic heterocycles. The van der Waals surface area contributed by atoms with E-state index in [4.69, 9.17) is 10.00 Å². The van der Waals surface area contributed by atoms with Crippen molar-refractivity contribution >= 4 is 11.7 Å². The van der Waals surface area contributed by atoms with Gasteiger partial charge in [-0.3, -0.25) is 0 Å². The molecule has 5 heteroatoms. The molecule has 1 aromatic rings. The highest BCUT2D eigenvalue weighted by Gasteiger charge is 2.07. The number of nitriles is 1. The Morgan fingerprint density at radius 3 is 2.95 bits per heavy atom. The molecule has 0 spiro atoms. The van der Waals surface area contributed by atoms with Crippen molar-refractivity contribution in [3.05, 3.63) is 36.0 Å². The van der Waals surface area contributed by atoms with Crippen LogP contribution in [0.5, 0.6) is 5.75 Å². The molecule has 20 heavy (non-hydrogen) atoms. The van der Waals surface area contributed by atoms with Gasteiger partial charge in [0.2, 0.25) is 0 Å². The molecule has 1 rings (SSSR count). The summed E-state index contributed by atoms with van der Waals surface area (Å²) in [6, 6.07) is 9.08. The van der Waals surface area contributed by atoms with Crippen molar-refractivity contribution in [2.45, 2.75) is 19.8 Å². The number of rotatable bonds is 7. The molecule has 0 aliphatic carbocycles. The molecule has 0 saturated heterocycles. The minimum atomic E-state index is -0.671. The monoisotopic (exact) mass is 274 g/mol. The Kier molecular flexibility index (Phi) is 6.69. The molecule has 0 saturated carbocycles. The van der Waals surface area contributed by atoms with Crippen molar-refractivity contribution in [1.82, 2.24) is 0 Å². The van der Waals surface area contributed by atoms with E-state index in [-0.39, 0.29) is 5.57 Å². The molecule has 0 aliphatic rings. The summed E-state index contributed by atoms with van der Waals surface area (Å²) < 4.78 is 10.1. The summed E-state index contributed by atoms with van der Waals surface area (Å²) >= 11 is 0. The maximum atomic E-state index is 11.2. The summed E-state index contributed by atoms with van der Waals surface area (Å²) in [5.74, 6) is 0.0729. The molecule has 1 N–H and O–H groups in total. The Labute approximate surface area is 118 Å². The standard InChI is InChI=1S/C15H18N2O3/c1-3-4-8-20-14-7-5-6-13(9-14)17-11-12(10-16)15(18)19-2/h5-7,9,11,17H,3-4,8H2,1-2H3/b12-11-. The number of esters is 1. The summed E-state index contributed by atoms with van der Waals surface area (Å²) in [6.07, 6.45) is 3.39. The van der Waals surface area contributed by atoms with Gasteiger partial charge in [0.1, 0.15) is 11.8 Å². The van der Waals surface area contributed by atoms with Gasteiger partial charge in [0, 0.05) is 18.0 Å².